The van der Waals surface area contributed by atoms with Crippen molar-refractivity contribution in [2.75, 3.05) is 13.2 Å². The maximum absolute atomic E-state index is 15.3. The van der Waals surface area contributed by atoms with Gasteiger partial charge < -0.3 is 14.6 Å². The topological polar surface area (TPSA) is 55.8 Å². The van der Waals surface area contributed by atoms with E-state index in [1.165, 1.54) is 87.1 Å². The Balaban J connectivity index is 1.68. The molecule has 0 atom stereocenters. The van der Waals surface area contributed by atoms with Crippen LogP contribution in [-0.2, 0) is 0 Å². The molecule has 254 valence electrons. The van der Waals surface area contributed by atoms with E-state index in [0.29, 0.717) is 24.7 Å². The van der Waals surface area contributed by atoms with Crippen molar-refractivity contribution >= 4 is 29.3 Å². The van der Waals surface area contributed by atoms with Crippen LogP contribution in [0.15, 0.2) is 66.7 Å². The fourth-order valence-electron chi connectivity index (χ4n) is 5.09. The molecular weight excluding hydrogens is 608 g/mol. The maximum Gasteiger partial charge on any atom is 0.336 e. The van der Waals surface area contributed by atoms with Crippen LogP contribution in [0.3, 0.4) is 0 Å². The highest BCUT2D eigenvalue weighted by atomic mass is 19.2. The molecule has 0 aliphatic heterocycles. The average molecular weight is 655 g/mol. The lowest BCUT2D eigenvalue weighted by Gasteiger charge is -2.10. The molecule has 0 aromatic heterocycles. The second-order valence-corrected chi connectivity index (χ2v) is 11.6. The number of hydrogen-bond acceptors (Lipinski definition) is 3. The molecule has 0 bridgehead atoms. The van der Waals surface area contributed by atoms with Crippen molar-refractivity contribution in [3.05, 3.63) is 94.5 Å². The summed E-state index contributed by atoms with van der Waals surface area (Å²) < 4.78 is 72.1. The number of aromatic carboxylic acids is 1. The Labute approximate surface area is 276 Å². The van der Waals surface area contributed by atoms with E-state index in [1.54, 1.807) is 0 Å². The summed E-state index contributed by atoms with van der Waals surface area (Å²) in [5.74, 6) is -5.87. The Morgan fingerprint density at radius 3 is 1.34 bits per heavy atom. The Morgan fingerprint density at radius 1 is 0.511 bits per heavy atom. The van der Waals surface area contributed by atoms with Gasteiger partial charge in [0.05, 0.1) is 18.8 Å². The zero-order chi connectivity index (χ0) is 34.0. The maximum atomic E-state index is 15.3. The van der Waals surface area contributed by atoms with Gasteiger partial charge in [0, 0.05) is 22.3 Å². The van der Waals surface area contributed by atoms with Crippen molar-refractivity contribution in [3.63, 3.8) is 0 Å². The minimum Gasteiger partial charge on any atom is -0.494 e. The molecule has 0 saturated heterocycles. The molecule has 3 aromatic rings. The molecule has 0 fully saturated rings. The van der Waals surface area contributed by atoms with Crippen LogP contribution in [0.2, 0.25) is 0 Å². The minimum atomic E-state index is -1.62. The Bertz CT molecular complexity index is 1460. The molecule has 47 heavy (non-hydrogen) atoms. The second-order valence-electron chi connectivity index (χ2n) is 11.6. The van der Waals surface area contributed by atoms with Gasteiger partial charge in [0.1, 0.15) is 11.5 Å². The number of carboxylic acids is 1. The first-order valence-electron chi connectivity index (χ1n) is 16.7. The molecule has 3 rings (SSSR count). The van der Waals surface area contributed by atoms with E-state index >= 15 is 17.6 Å². The van der Waals surface area contributed by atoms with E-state index < -0.39 is 46.0 Å². The molecule has 0 amide bonds. The van der Waals surface area contributed by atoms with Gasteiger partial charge in [-0.1, -0.05) is 90.2 Å². The number of halogens is 4. The zero-order valence-electron chi connectivity index (χ0n) is 27.4. The molecule has 4 nitrogen and oxygen atoms in total. The van der Waals surface area contributed by atoms with Crippen LogP contribution in [0, 0.1) is 0 Å². The van der Waals surface area contributed by atoms with Crippen LogP contribution >= 0.6 is 0 Å². The van der Waals surface area contributed by atoms with Crippen LogP contribution in [0.25, 0.3) is 23.3 Å². The second kappa shape index (κ2) is 20.2. The summed E-state index contributed by atoms with van der Waals surface area (Å²) in [6, 6.07) is 14.2. The summed E-state index contributed by atoms with van der Waals surface area (Å²) in [6.45, 7) is 5.36. The summed E-state index contributed by atoms with van der Waals surface area (Å²) in [6.07, 6.45) is 13.4. The first-order chi connectivity index (χ1) is 22.8. The van der Waals surface area contributed by atoms with Crippen LogP contribution < -0.4 is 9.47 Å². The number of carboxylic acid groups (broad SMARTS) is 1. The van der Waals surface area contributed by atoms with Crippen LogP contribution in [0.4, 0.5) is 17.6 Å². The predicted molar refractivity (Wildman–Crippen MR) is 182 cm³/mol. The van der Waals surface area contributed by atoms with Gasteiger partial charge in [0.15, 0.2) is 23.3 Å². The van der Waals surface area contributed by atoms with Crippen LogP contribution in [0.1, 0.15) is 124 Å². The van der Waals surface area contributed by atoms with Gasteiger partial charge in [-0.15, -0.1) is 0 Å². The van der Waals surface area contributed by atoms with E-state index in [4.69, 9.17) is 9.47 Å². The van der Waals surface area contributed by atoms with Gasteiger partial charge in [-0.3, -0.25) is 0 Å². The van der Waals surface area contributed by atoms with E-state index in [9.17, 15) is 9.90 Å². The minimum absolute atomic E-state index is 0.0770. The van der Waals surface area contributed by atoms with Gasteiger partial charge in [0.2, 0.25) is 0 Å². The van der Waals surface area contributed by atoms with E-state index in [1.807, 2.05) is 0 Å². The van der Waals surface area contributed by atoms with Gasteiger partial charge in [0.25, 0.3) is 0 Å². The monoisotopic (exact) mass is 654 g/mol. The van der Waals surface area contributed by atoms with Crippen molar-refractivity contribution in [1.82, 2.24) is 0 Å². The average Bonchev–Trinajstić information content (AvgIpc) is 3.09. The fourth-order valence-corrected chi connectivity index (χ4v) is 5.09. The third-order valence-corrected chi connectivity index (χ3v) is 7.87. The molecular formula is C39H46F4O4. The van der Waals surface area contributed by atoms with Crippen LogP contribution in [0.5, 0.6) is 11.5 Å². The molecule has 0 unspecified atom stereocenters. The Hall–Kier alpha value is -4.07. The highest BCUT2D eigenvalue weighted by molar-refractivity contribution is 5.98. The van der Waals surface area contributed by atoms with Crippen molar-refractivity contribution in [2.24, 2.45) is 0 Å². The smallest absolute Gasteiger partial charge is 0.336 e. The van der Waals surface area contributed by atoms with Gasteiger partial charge in [-0.25, -0.2) is 22.4 Å². The highest BCUT2D eigenvalue weighted by Gasteiger charge is 2.22. The summed E-state index contributed by atoms with van der Waals surface area (Å²) in [7, 11) is 0. The molecule has 0 aliphatic rings. The van der Waals surface area contributed by atoms with E-state index in [2.05, 4.69) is 13.8 Å². The van der Waals surface area contributed by atoms with Gasteiger partial charge in [-0.2, -0.15) is 0 Å². The predicted octanol–water partition coefficient (Wildman–Crippen LogP) is 12.4. The van der Waals surface area contributed by atoms with Crippen molar-refractivity contribution in [1.29, 1.82) is 0 Å². The third kappa shape index (κ3) is 11.9. The van der Waals surface area contributed by atoms with Crippen molar-refractivity contribution in [3.8, 4) is 11.5 Å². The lowest BCUT2D eigenvalue weighted by Crippen LogP contribution is -2.03. The third-order valence-electron chi connectivity index (χ3n) is 7.87. The zero-order valence-corrected chi connectivity index (χ0v) is 27.4. The number of rotatable bonds is 21. The molecule has 0 aliphatic carbocycles. The molecule has 0 radical (unpaired) electrons. The summed E-state index contributed by atoms with van der Waals surface area (Å²) >= 11 is 0. The molecule has 3 aromatic carbocycles. The van der Waals surface area contributed by atoms with E-state index in [-0.39, 0.29) is 11.1 Å². The Kier molecular flexibility index (Phi) is 16.1. The highest BCUT2D eigenvalue weighted by Crippen LogP contribution is 2.35. The summed E-state index contributed by atoms with van der Waals surface area (Å²) in [4.78, 5) is 12.0. The Morgan fingerprint density at radius 2 is 0.894 bits per heavy atom. The molecule has 0 heterocycles. The lowest BCUT2D eigenvalue weighted by molar-refractivity contribution is 0.0696. The first-order valence-corrected chi connectivity index (χ1v) is 16.7. The largest absolute Gasteiger partial charge is 0.494 e. The van der Waals surface area contributed by atoms with Gasteiger partial charge in [-0.05, 0) is 67.4 Å². The first kappa shape index (κ1) is 37.4. The number of unbranched alkanes of at least 4 members (excludes halogenated alkanes) is 10. The fraction of sp³-hybridized carbons (Fsp3) is 0.410. The van der Waals surface area contributed by atoms with Gasteiger partial charge >= 0.3 is 5.97 Å². The molecule has 0 saturated carbocycles. The normalized spacial score (nSPS) is 12.4. The van der Waals surface area contributed by atoms with Crippen molar-refractivity contribution in [2.45, 2.75) is 90.9 Å². The number of carbonyl (C=O) groups is 1. The number of ether oxygens (including phenoxy) is 2. The molecule has 8 heteroatoms. The number of benzene rings is 3. The van der Waals surface area contributed by atoms with Crippen molar-refractivity contribution < 1.29 is 36.9 Å². The summed E-state index contributed by atoms with van der Waals surface area (Å²) in [5, 5.41) is 9.73. The standard InChI is InChI=1S/C39H46F4O4/c1-3-5-7-9-11-13-25-46-31-20-15-28(16-21-31)35(40)37(42)30-19-24-33(34(27-30)39(44)45)38(43)36(41)29-17-22-32(23-18-29)47-26-14-12-10-8-6-4-2/h15-24,27H,3-14,25-26H2,1-2H3,(H,44,45)/b37-35+,38-36+. The van der Waals surface area contributed by atoms with E-state index in [0.717, 1.165) is 56.7 Å². The number of hydrogen-bond donors (Lipinski definition) is 1. The van der Waals surface area contributed by atoms with Crippen LogP contribution in [-0.4, -0.2) is 24.3 Å². The summed E-state index contributed by atoms with van der Waals surface area (Å²) in [5.41, 5.74) is -1.93. The quantitative estimate of drug-likeness (QED) is 0.0705. The lowest BCUT2D eigenvalue weighted by atomic mass is 9.99. The molecule has 1 N–H and O–H groups in total. The molecule has 0 spiro atoms. The SMILES string of the molecule is CCCCCCCCOc1ccc(/C(F)=C(\F)c2ccc(/C(F)=C(\F)c3ccc(OCCCCCCCC)cc3)c(C(=O)O)c2)cc1.